The predicted molar refractivity (Wildman–Crippen MR) is 169 cm³/mol. The summed E-state index contributed by atoms with van der Waals surface area (Å²) in [6.45, 7) is 9.69. The molecular formula is C33H48BN3O6. The first-order chi connectivity index (χ1) is 20.8. The van der Waals surface area contributed by atoms with Crippen molar-refractivity contribution in [1.29, 1.82) is 0 Å². The number of rotatable bonds is 16. The van der Waals surface area contributed by atoms with E-state index in [-0.39, 0.29) is 36.6 Å². The maximum atomic E-state index is 13.9. The second kappa shape index (κ2) is 17.8. The molecule has 0 saturated carbocycles. The van der Waals surface area contributed by atoms with Crippen molar-refractivity contribution in [2.75, 3.05) is 60.2 Å². The zero-order valence-corrected chi connectivity index (χ0v) is 26.5. The molecule has 0 spiro atoms. The number of benzene rings is 2. The molecule has 234 valence electrons. The van der Waals surface area contributed by atoms with Crippen LogP contribution in [0.4, 0.5) is 4.79 Å². The van der Waals surface area contributed by atoms with Gasteiger partial charge in [0.2, 0.25) is 0 Å². The lowest BCUT2D eigenvalue weighted by atomic mass is 9.90. The van der Waals surface area contributed by atoms with E-state index in [1.54, 1.807) is 42.1 Å². The monoisotopic (exact) mass is 593 g/mol. The van der Waals surface area contributed by atoms with E-state index in [2.05, 4.69) is 19.1 Å². The van der Waals surface area contributed by atoms with Gasteiger partial charge in [-0.3, -0.25) is 4.79 Å². The minimum absolute atomic E-state index is 0.00473. The number of carbonyl (C=O) groups excluding carboxylic acids is 2. The van der Waals surface area contributed by atoms with E-state index in [0.29, 0.717) is 62.9 Å². The zero-order valence-electron chi connectivity index (χ0n) is 26.5. The number of ether oxygens (including phenoxy) is 4. The highest BCUT2D eigenvalue weighted by Gasteiger charge is 2.34. The molecule has 10 heteroatoms. The van der Waals surface area contributed by atoms with Crippen molar-refractivity contribution in [1.82, 2.24) is 14.6 Å². The van der Waals surface area contributed by atoms with Gasteiger partial charge in [-0.15, -0.1) is 0 Å². The Labute approximate surface area is 258 Å². The number of piperidine rings is 1. The molecule has 0 aromatic heterocycles. The van der Waals surface area contributed by atoms with Crippen LogP contribution in [0, 0.1) is 5.92 Å². The Bertz CT molecular complexity index is 1130. The van der Waals surface area contributed by atoms with Crippen LogP contribution < -0.4 is 9.47 Å². The summed E-state index contributed by atoms with van der Waals surface area (Å²) in [5.74, 6) is 0.977. The highest BCUT2D eigenvalue weighted by atomic mass is 16.6. The van der Waals surface area contributed by atoms with Crippen molar-refractivity contribution in [2.45, 2.75) is 58.5 Å². The van der Waals surface area contributed by atoms with Crippen LogP contribution in [0.15, 0.2) is 48.5 Å². The van der Waals surface area contributed by atoms with Crippen molar-refractivity contribution >= 4 is 20.0 Å². The van der Waals surface area contributed by atoms with Gasteiger partial charge in [-0.2, -0.15) is 0 Å². The summed E-state index contributed by atoms with van der Waals surface area (Å²) < 4.78 is 22.3. The quantitative estimate of drug-likeness (QED) is 0.204. The van der Waals surface area contributed by atoms with Crippen LogP contribution in [0.2, 0.25) is 0 Å². The van der Waals surface area contributed by atoms with Gasteiger partial charge < -0.3 is 33.6 Å². The predicted octanol–water partition coefficient (Wildman–Crippen LogP) is 4.83. The van der Waals surface area contributed by atoms with Crippen LogP contribution >= 0.6 is 0 Å². The van der Waals surface area contributed by atoms with Crippen LogP contribution in [0.5, 0.6) is 11.5 Å². The Hall–Kier alpha value is -3.24. The third-order valence-electron chi connectivity index (χ3n) is 7.60. The molecule has 1 fully saturated rings. The summed E-state index contributed by atoms with van der Waals surface area (Å²) in [6, 6.07) is 15.2. The van der Waals surface area contributed by atoms with Crippen molar-refractivity contribution in [2.24, 2.45) is 5.92 Å². The van der Waals surface area contributed by atoms with Crippen molar-refractivity contribution in [3.63, 3.8) is 0 Å². The Balaban J connectivity index is 1.65. The lowest BCUT2D eigenvalue weighted by Crippen LogP contribution is -2.55. The van der Waals surface area contributed by atoms with Gasteiger partial charge in [0.15, 0.2) is 19.5 Å². The van der Waals surface area contributed by atoms with Crippen LogP contribution in [0.25, 0.3) is 0 Å². The Morgan fingerprint density at radius 3 is 2.47 bits per heavy atom. The van der Waals surface area contributed by atoms with Gasteiger partial charge in [0.05, 0.1) is 20.3 Å². The summed E-state index contributed by atoms with van der Waals surface area (Å²) in [5, 5.41) is 0. The van der Waals surface area contributed by atoms with E-state index in [0.717, 1.165) is 19.3 Å². The summed E-state index contributed by atoms with van der Waals surface area (Å²) in [7, 11) is 9.59. The van der Waals surface area contributed by atoms with E-state index < -0.39 is 0 Å². The number of carbonyl (C=O) groups is 2. The Kier molecular flexibility index (Phi) is 14.2. The van der Waals surface area contributed by atoms with Crippen LogP contribution in [0.3, 0.4) is 0 Å². The smallest absolute Gasteiger partial charge is 0.409 e. The SMILES string of the molecule is [B]N1CC(COC(=O)N(CCC)CCc2ccccc2)CC(N(C(=O)c2ccc(OC)c(OCCCOC)c2)C(C)C)C1. The minimum atomic E-state index is -0.309. The maximum Gasteiger partial charge on any atom is 0.409 e. The molecule has 2 amide bonds. The minimum Gasteiger partial charge on any atom is -0.493 e. The number of hydrogen-bond acceptors (Lipinski definition) is 7. The number of methoxy groups -OCH3 is 2. The highest BCUT2D eigenvalue weighted by Crippen LogP contribution is 2.30. The Morgan fingerprint density at radius 1 is 1.02 bits per heavy atom. The van der Waals surface area contributed by atoms with Crippen LogP contribution in [-0.2, 0) is 15.9 Å². The van der Waals surface area contributed by atoms with E-state index in [4.69, 9.17) is 26.9 Å². The van der Waals surface area contributed by atoms with Crippen LogP contribution in [-0.4, -0.2) is 107 Å². The molecule has 1 heterocycles. The lowest BCUT2D eigenvalue weighted by molar-refractivity contribution is 0.0330. The highest BCUT2D eigenvalue weighted by molar-refractivity contribution is 6.04. The summed E-state index contributed by atoms with van der Waals surface area (Å²) in [6.07, 6.45) is 2.72. The topological polar surface area (TPSA) is 80.8 Å². The molecule has 2 aromatic rings. The lowest BCUT2D eigenvalue weighted by Gasteiger charge is -2.43. The molecule has 2 radical (unpaired) electrons. The number of amides is 2. The summed E-state index contributed by atoms with van der Waals surface area (Å²) in [5.41, 5.74) is 1.70. The van der Waals surface area contributed by atoms with Gasteiger partial charge in [0.1, 0.15) is 0 Å². The molecule has 9 nitrogen and oxygen atoms in total. The van der Waals surface area contributed by atoms with Crippen molar-refractivity contribution < 1.29 is 28.5 Å². The normalized spacial score (nSPS) is 17.0. The molecular weight excluding hydrogens is 545 g/mol. The number of hydrogen-bond donors (Lipinski definition) is 0. The molecule has 0 aliphatic carbocycles. The van der Waals surface area contributed by atoms with Crippen molar-refractivity contribution in [3.8, 4) is 11.5 Å². The van der Waals surface area contributed by atoms with Gasteiger partial charge in [0.25, 0.3) is 5.91 Å². The molecule has 0 bridgehead atoms. The molecule has 2 unspecified atom stereocenters. The standard InChI is InChI=1S/C33H48BN3O6/c1-6-16-35(17-15-26-11-8-7-9-12-26)33(39)43-24-27-20-29(23-36(34)22-27)37(25(2)3)32(38)28-13-14-30(41-5)31(21-28)42-19-10-18-40-4/h7-9,11-14,21,25,27,29H,6,10,15-20,22-24H2,1-5H3. The summed E-state index contributed by atoms with van der Waals surface area (Å²) >= 11 is 0. The largest absolute Gasteiger partial charge is 0.493 e. The fourth-order valence-corrected chi connectivity index (χ4v) is 5.57. The van der Waals surface area contributed by atoms with E-state index in [1.165, 1.54) is 5.56 Å². The van der Waals surface area contributed by atoms with E-state index in [9.17, 15) is 9.59 Å². The van der Waals surface area contributed by atoms with Gasteiger partial charge in [0, 0.05) is 63.3 Å². The van der Waals surface area contributed by atoms with Gasteiger partial charge >= 0.3 is 6.09 Å². The van der Waals surface area contributed by atoms with E-state index in [1.807, 2.05) is 36.9 Å². The molecule has 1 aliphatic heterocycles. The molecule has 2 aromatic carbocycles. The average molecular weight is 594 g/mol. The van der Waals surface area contributed by atoms with Gasteiger partial charge in [-0.1, -0.05) is 37.3 Å². The first kappa shape index (κ1) is 34.3. The molecule has 1 saturated heterocycles. The molecule has 2 atom stereocenters. The molecule has 1 aliphatic rings. The first-order valence-corrected chi connectivity index (χ1v) is 15.3. The zero-order chi connectivity index (χ0) is 31.2. The summed E-state index contributed by atoms with van der Waals surface area (Å²) in [4.78, 5) is 32.3. The maximum absolute atomic E-state index is 13.9. The fraction of sp³-hybridized carbons (Fsp3) is 0.576. The van der Waals surface area contributed by atoms with Crippen LogP contribution in [0.1, 0.15) is 56.0 Å². The average Bonchev–Trinajstić information content (AvgIpc) is 3.00. The number of nitrogens with zero attached hydrogens (tertiary/aromatic N) is 3. The third kappa shape index (κ3) is 10.5. The molecule has 3 rings (SSSR count). The van der Waals surface area contributed by atoms with E-state index >= 15 is 0 Å². The van der Waals surface area contributed by atoms with Gasteiger partial charge in [-0.25, -0.2) is 4.79 Å². The third-order valence-corrected chi connectivity index (χ3v) is 7.60. The second-order valence-electron chi connectivity index (χ2n) is 11.4. The molecule has 43 heavy (non-hydrogen) atoms. The Morgan fingerprint density at radius 2 is 1.79 bits per heavy atom. The first-order valence-electron chi connectivity index (χ1n) is 15.3. The molecule has 0 N–H and O–H groups in total. The fourth-order valence-electron chi connectivity index (χ4n) is 5.57. The van der Waals surface area contributed by atoms with Gasteiger partial charge in [-0.05, 0) is 63.4 Å². The second-order valence-corrected chi connectivity index (χ2v) is 11.4. The van der Waals surface area contributed by atoms with Crippen molar-refractivity contribution in [3.05, 3.63) is 59.7 Å².